The number of carbonyl (C=O) groups excluding carboxylic acids is 1. The highest BCUT2D eigenvalue weighted by Crippen LogP contribution is 2.25. The number of nitro groups is 1. The van der Waals surface area contributed by atoms with Crippen molar-refractivity contribution >= 4 is 17.7 Å². The third-order valence-electron chi connectivity index (χ3n) is 4.33. The lowest BCUT2D eigenvalue weighted by atomic mass is 10.1. The van der Waals surface area contributed by atoms with E-state index in [4.69, 9.17) is 4.42 Å². The Labute approximate surface area is 150 Å². The van der Waals surface area contributed by atoms with E-state index in [0.29, 0.717) is 17.1 Å². The maximum absolute atomic E-state index is 12.2. The van der Waals surface area contributed by atoms with Crippen LogP contribution in [0.1, 0.15) is 31.4 Å². The van der Waals surface area contributed by atoms with E-state index in [1.54, 1.807) is 24.3 Å². The zero-order valence-corrected chi connectivity index (χ0v) is 14.0. The molecule has 132 valence electrons. The van der Waals surface area contributed by atoms with Crippen molar-refractivity contribution in [3.63, 3.8) is 0 Å². The second-order valence-electron chi connectivity index (χ2n) is 6.13. The van der Waals surface area contributed by atoms with E-state index in [2.05, 4.69) is 5.32 Å². The molecule has 1 aromatic carbocycles. The van der Waals surface area contributed by atoms with Gasteiger partial charge in [-0.05, 0) is 37.1 Å². The smallest absolute Gasteiger partial charge is 0.269 e. The quantitative estimate of drug-likeness (QED) is 0.381. The Balaban J connectivity index is 1.75. The molecule has 0 saturated heterocycles. The van der Waals surface area contributed by atoms with Crippen LogP contribution in [0.5, 0.6) is 0 Å². The van der Waals surface area contributed by atoms with Gasteiger partial charge in [-0.15, -0.1) is 0 Å². The van der Waals surface area contributed by atoms with Gasteiger partial charge in [-0.2, -0.15) is 5.26 Å². The van der Waals surface area contributed by atoms with Gasteiger partial charge in [0.1, 0.15) is 23.2 Å². The fourth-order valence-electron chi connectivity index (χ4n) is 2.96. The fraction of sp³-hybridized carbons (Fsp3) is 0.263. The van der Waals surface area contributed by atoms with Gasteiger partial charge in [0, 0.05) is 29.8 Å². The van der Waals surface area contributed by atoms with Crippen molar-refractivity contribution in [2.45, 2.75) is 31.7 Å². The summed E-state index contributed by atoms with van der Waals surface area (Å²) in [5.41, 5.74) is 0.654. The molecule has 1 aromatic heterocycles. The van der Waals surface area contributed by atoms with Gasteiger partial charge in [-0.1, -0.05) is 12.8 Å². The van der Waals surface area contributed by atoms with Crippen molar-refractivity contribution in [2.24, 2.45) is 0 Å². The number of furan rings is 1. The highest BCUT2D eigenvalue weighted by Gasteiger charge is 2.19. The zero-order chi connectivity index (χ0) is 18.5. The van der Waals surface area contributed by atoms with E-state index in [0.717, 1.165) is 25.7 Å². The molecule has 7 nitrogen and oxygen atoms in total. The number of nitrogens with zero attached hydrogens (tertiary/aromatic N) is 2. The lowest BCUT2D eigenvalue weighted by molar-refractivity contribution is -0.384. The molecule has 1 N–H and O–H groups in total. The van der Waals surface area contributed by atoms with Crippen LogP contribution in [0.15, 0.2) is 46.4 Å². The van der Waals surface area contributed by atoms with E-state index in [9.17, 15) is 20.2 Å². The Kier molecular flexibility index (Phi) is 5.13. The van der Waals surface area contributed by atoms with Crippen molar-refractivity contribution in [1.29, 1.82) is 5.26 Å². The minimum absolute atomic E-state index is 0.00391. The van der Waals surface area contributed by atoms with Gasteiger partial charge in [0.15, 0.2) is 0 Å². The molecule has 1 fully saturated rings. The number of nitriles is 1. The van der Waals surface area contributed by atoms with E-state index < -0.39 is 10.8 Å². The van der Waals surface area contributed by atoms with Crippen LogP contribution >= 0.6 is 0 Å². The summed E-state index contributed by atoms with van der Waals surface area (Å²) < 4.78 is 5.65. The van der Waals surface area contributed by atoms with Crippen molar-refractivity contribution in [1.82, 2.24) is 5.32 Å². The second-order valence-corrected chi connectivity index (χ2v) is 6.13. The molecule has 0 bridgehead atoms. The summed E-state index contributed by atoms with van der Waals surface area (Å²) in [6.07, 6.45) is 5.46. The Morgan fingerprint density at radius 1 is 1.23 bits per heavy atom. The molecule has 1 amide bonds. The van der Waals surface area contributed by atoms with Crippen LogP contribution in [0.25, 0.3) is 17.4 Å². The van der Waals surface area contributed by atoms with Crippen LogP contribution in [0.3, 0.4) is 0 Å². The Bertz CT molecular complexity index is 884. The van der Waals surface area contributed by atoms with Crippen LogP contribution in [0.4, 0.5) is 5.69 Å². The molecule has 1 aliphatic rings. The molecule has 0 atom stereocenters. The van der Waals surface area contributed by atoms with Gasteiger partial charge in [-0.25, -0.2) is 0 Å². The molecule has 26 heavy (non-hydrogen) atoms. The second kappa shape index (κ2) is 7.66. The van der Waals surface area contributed by atoms with Gasteiger partial charge in [0.05, 0.1) is 4.92 Å². The molecule has 0 unspecified atom stereocenters. The minimum Gasteiger partial charge on any atom is -0.457 e. The third kappa shape index (κ3) is 3.98. The number of non-ortho nitro benzene ring substituents is 1. The van der Waals surface area contributed by atoms with Gasteiger partial charge in [0.2, 0.25) is 0 Å². The fourth-order valence-corrected chi connectivity index (χ4v) is 2.96. The van der Waals surface area contributed by atoms with Crippen LogP contribution in [-0.2, 0) is 4.79 Å². The number of nitrogens with one attached hydrogen (secondary N) is 1. The lowest BCUT2D eigenvalue weighted by Gasteiger charge is -2.10. The van der Waals surface area contributed by atoms with E-state index in [1.807, 2.05) is 6.07 Å². The number of carbonyl (C=O) groups is 1. The van der Waals surface area contributed by atoms with E-state index >= 15 is 0 Å². The number of nitro benzene ring substituents is 1. The predicted molar refractivity (Wildman–Crippen MR) is 94.8 cm³/mol. The molecule has 3 rings (SSSR count). The van der Waals surface area contributed by atoms with Gasteiger partial charge in [-0.3, -0.25) is 14.9 Å². The monoisotopic (exact) mass is 351 g/mol. The topological polar surface area (TPSA) is 109 Å². The van der Waals surface area contributed by atoms with Crippen molar-refractivity contribution < 1.29 is 14.1 Å². The average Bonchev–Trinajstić information content (AvgIpc) is 3.31. The average molecular weight is 351 g/mol. The van der Waals surface area contributed by atoms with Crippen molar-refractivity contribution in [3.8, 4) is 17.4 Å². The molecule has 0 radical (unpaired) electrons. The predicted octanol–water partition coefficient (Wildman–Crippen LogP) is 3.82. The summed E-state index contributed by atoms with van der Waals surface area (Å²) in [5, 5.41) is 22.8. The van der Waals surface area contributed by atoms with Crippen LogP contribution < -0.4 is 5.32 Å². The first-order valence-electron chi connectivity index (χ1n) is 8.34. The molecular formula is C19H17N3O4. The molecular weight excluding hydrogens is 334 g/mol. The summed E-state index contributed by atoms with van der Waals surface area (Å²) in [5.74, 6) is 0.476. The molecule has 1 heterocycles. The molecule has 0 aliphatic heterocycles. The third-order valence-corrected chi connectivity index (χ3v) is 4.33. The summed E-state index contributed by atoms with van der Waals surface area (Å²) in [6.45, 7) is 0. The van der Waals surface area contributed by atoms with Gasteiger partial charge < -0.3 is 9.73 Å². The first kappa shape index (κ1) is 17.4. The van der Waals surface area contributed by atoms with Crippen molar-refractivity contribution in [3.05, 3.63) is 57.8 Å². The zero-order valence-electron chi connectivity index (χ0n) is 14.0. The molecule has 1 saturated carbocycles. The first-order chi connectivity index (χ1) is 12.6. The molecule has 0 spiro atoms. The highest BCUT2D eigenvalue weighted by atomic mass is 16.6. The number of hydrogen-bond donors (Lipinski definition) is 1. The summed E-state index contributed by atoms with van der Waals surface area (Å²) in [4.78, 5) is 22.4. The Morgan fingerprint density at radius 2 is 1.92 bits per heavy atom. The molecule has 1 aliphatic carbocycles. The van der Waals surface area contributed by atoms with Crippen LogP contribution in [0, 0.1) is 21.4 Å². The Morgan fingerprint density at radius 3 is 2.54 bits per heavy atom. The van der Waals surface area contributed by atoms with Crippen LogP contribution in [-0.4, -0.2) is 16.9 Å². The molecule has 2 aromatic rings. The highest BCUT2D eigenvalue weighted by molar-refractivity contribution is 6.01. The SMILES string of the molecule is N#C/C(=C/c1ccc(-c2ccc([N+](=O)[O-])cc2)o1)C(=O)NC1CCCC1. The molecule has 7 heteroatoms. The first-order valence-corrected chi connectivity index (χ1v) is 8.34. The summed E-state index contributed by atoms with van der Waals surface area (Å²) in [6, 6.07) is 11.3. The maximum atomic E-state index is 12.2. The summed E-state index contributed by atoms with van der Waals surface area (Å²) in [7, 11) is 0. The van der Waals surface area contributed by atoms with E-state index in [-0.39, 0.29) is 17.3 Å². The van der Waals surface area contributed by atoms with Gasteiger partial charge in [0.25, 0.3) is 11.6 Å². The van der Waals surface area contributed by atoms with E-state index in [1.165, 1.54) is 18.2 Å². The standard InChI is InChI=1S/C19H17N3O4/c20-12-14(19(23)21-15-3-1-2-4-15)11-17-9-10-18(26-17)13-5-7-16(8-6-13)22(24)25/h5-11,15H,1-4H2,(H,21,23)/b14-11-. The normalized spacial score (nSPS) is 14.8. The van der Waals surface area contributed by atoms with Gasteiger partial charge >= 0.3 is 0 Å². The number of amides is 1. The van der Waals surface area contributed by atoms with Crippen molar-refractivity contribution in [2.75, 3.05) is 0 Å². The van der Waals surface area contributed by atoms with Crippen LogP contribution in [0.2, 0.25) is 0 Å². The maximum Gasteiger partial charge on any atom is 0.269 e. The lowest BCUT2D eigenvalue weighted by Crippen LogP contribution is -2.33. The Hall–Kier alpha value is -3.40. The minimum atomic E-state index is -0.470. The summed E-state index contributed by atoms with van der Waals surface area (Å²) >= 11 is 0. The number of rotatable bonds is 5. The number of benzene rings is 1. The number of hydrogen-bond acceptors (Lipinski definition) is 5. The largest absolute Gasteiger partial charge is 0.457 e.